The Kier molecular flexibility index (Phi) is 5.00. The first-order valence-electron chi connectivity index (χ1n) is 7.34. The first kappa shape index (κ1) is 13.4. The maximum atomic E-state index is 3.95. The molecule has 1 aliphatic carbocycles. The van der Waals surface area contributed by atoms with Gasteiger partial charge in [-0.1, -0.05) is 42.8 Å². The van der Waals surface area contributed by atoms with Crippen molar-refractivity contribution < 1.29 is 5.32 Å². The SMILES string of the molecule is C=CCC1([NH2+]CCc2ccccc2)CCCCC1. The Morgan fingerprint density at radius 3 is 2.50 bits per heavy atom. The quantitative estimate of drug-likeness (QED) is 0.741. The number of nitrogens with two attached hydrogens (primary N) is 1. The molecule has 0 bridgehead atoms. The van der Waals surface area contributed by atoms with E-state index in [0.717, 1.165) is 0 Å². The maximum absolute atomic E-state index is 3.95. The first-order valence-corrected chi connectivity index (χ1v) is 7.34. The highest BCUT2D eigenvalue weighted by Crippen LogP contribution is 2.27. The molecule has 0 heterocycles. The van der Waals surface area contributed by atoms with Crippen LogP contribution in [0.5, 0.6) is 0 Å². The Hall–Kier alpha value is -1.08. The second kappa shape index (κ2) is 6.75. The van der Waals surface area contributed by atoms with Gasteiger partial charge in [-0.2, -0.15) is 0 Å². The minimum atomic E-state index is 0.467. The Morgan fingerprint density at radius 2 is 1.83 bits per heavy atom. The van der Waals surface area contributed by atoms with E-state index < -0.39 is 0 Å². The molecule has 98 valence electrons. The second-order valence-electron chi connectivity index (χ2n) is 5.64. The van der Waals surface area contributed by atoms with Gasteiger partial charge >= 0.3 is 0 Å². The number of benzene rings is 1. The molecule has 0 aromatic heterocycles. The molecule has 1 fully saturated rings. The average Bonchev–Trinajstić information content (AvgIpc) is 2.41. The highest BCUT2D eigenvalue weighted by atomic mass is 15.0. The van der Waals surface area contributed by atoms with Crippen LogP contribution in [0.3, 0.4) is 0 Å². The lowest BCUT2D eigenvalue weighted by Gasteiger charge is -2.34. The van der Waals surface area contributed by atoms with E-state index in [9.17, 15) is 0 Å². The highest BCUT2D eigenvalue weighted by molar-refractivity contribution is 5.14. The molecule has 0 aliphatic heterocycles. The van der Waals surface area contributed by atoms with E-state index in [2.05, 4.69) is 48.3 Å². The van der Waals surface area contributed by atoms with E-state index in [1.54, 1.807) is 0 Å². The van der Waals surface area contributed by atoms with Gasteiger partial charge < -0.3 is 5.32 Å². The molecule has 18 heavy (non-hydrogen) atoms. The zero-order chi connectivity index (χ0) is 12.7. The summed E-state index contributed by atoms with van der Waals surface area (Å²) in [5.74, 6) is 0. The van der Waals surface area contributed by atoms with Gasteiger partial charge in [0.25, 0.3) is 0 Å². The average molecular weight is 244 g/mol. The summed E-state index contributed by atoms with van der Waals surface area (Å²) in [6.45, 7) is 5.15. The molecule has 0 saturated heterocycles. The molecule has 1 saturated carbocycles. The minimum Gasteiger partial charge on any atom is -0.341 e. The van der Waals surface area contributed by atoms with Gasteiger partial charge in [-0.25, -0.2) is 0 Å². The Morgan fingerprint density at radius 1 is 1.11 bits per heavy atom. The molecule has 1 heteroatoms. The number of hydrogen-bond acceptors (Lipinski definition) is 0. The van der Waals surface area contributed by atoms with Gasteiger partial charge in [0.2, 0.25) is 0 Å². The maximum Gasteiger partial charge on any atom is 0.0996 e. The lowest BCUT2D eigenvalue weighted by molar-refractivity contribution is -0.729. The summed E-state index contributed by atoms with van der Waals surface area (Å²) in [6, 6.07) is 10.8. The Labute approximate surface area is 111 Å². The van der Waals surface area contributed by atoms with E-state index >= 15 is 0 Å². The van der Waals surface area contributed by atoms with Gasteiger partial charge in [0.15, 0.2) is 0 Å². The van der Waals surface area contributed by atoms with Crippen molar-refractivity contribution >= 4 is 0 Å². The second-order valence-corrected chi connectivity index (χ2v) is 5.64. The summed E-state index contributed by atoms with van der Waals surface area (Å²) < 4.78 is 0. The zero-order valence-corrected chi connectivity index (χ0v) is 11.4. The first-order chi connectivity index (χ1) is 8.85. The van der Waals surface area contributed by atoms with Crippen LogP contribution in [-0.2, 0) is 6.42 Å². The van der Waals surface area contributed by atoms with Crippen molar-refractivity contribution in [1.82, 2.24) is 0 Å². The summed E-state index contributed by atoms with van der Waals surface area (Å²) in [4.78, 5) is 0. The van der Waals surface area contributed by atoms with Crippen LogP contribution in [0.1, 0.15) is 44.1 Å². The third-order valence-corrected chi connectivity index (χ3v) is 4.25. The molecular formula is C17H26N+. The summed E-state index contributed by atoms with van der Waals surface area (Å²) in [7, 11) is 0. The van der Waals surface area contributed by atoms with E-state index in [0.29, 0.717) is 5.54 Å². The molecule has 0 atom stereocenters. The molecule has 0 radical (unpaired) electrons. The number of rotatable bonds is 6. The normalized spacial score (nSPS) is 18.4. The highest BCUT2D eigenvalue weighted by Gasteiger charge is 2.33. The molecule has 1 nitrogen and oxygen atoms in total. The topological polar surface area (TPSA) is 16.6 Å². The summed E-state index contributed by atoms with van der Waals surface area (Å²) in [6.07, 6.45) is 11.4. The van der Waals surface area contributed by atoms with Gasteiger partial charge in [0, 0.05) is 25.7 Å². The molecule has 0 unspecified atom stereocenters. The van der Waals surface area contributed by atoms with Crippen molar-refractivity contribution in [2.45, 2.75) is 50.5 Å². The molecule has 2 N–H and O–H groups in total. The van der Waals surface area contributed by atoms with Gasteiger partial charge in [-0.05, 0) is 18.4 Å². The van der Waals surface area contributed by atoms with Crippen LogP contribution in [0.2, 0.25) is 0 Å². The van der Waals surface area contributed by atoms with Crippen molar-refractivity contribution in [2.75, 3.05) is 6.54 Å². The fourth-order valence-corrected chi connectivity index (χ4v) is 3.22. The molecular weight excluding hydrogens is 218 g/mol. The van der Waals surface area contributed by atoms with Crippen molar-refractivity contribution in [3.63, 3.8) is 0 Å². The molecule has 0 spiro atoms. The van der Waals surface area contributed by atoms with Crippen LogP contribution in [0, 0.1) is 0 Å². The van der Waals surface area contributed by atoms with Crippen LogP contribution in [0.4, 0.5) is 0 Å². The van der Waals surface area contributed by atoms with Crippen LogP contribution < -0.4 is 5.32 Å². The van der Waals surface area contributed by atoms with Crippen molar-refractivity contribution in [2.24, 2.45) is 0 Å². The molecule has 2 rings (SSSR count). The van der Waals surface area contributed by atoms with Crippen LogP contribution in [0.25, 0.3) is 0 Å². The Balaban J connectivity index is 1.84. The van der Waals surface area contributed by atoms with Crippen LogP contribution in [-0.4, -0.2) is 12.1 Å². The lowest BCUT2D eigenvalue weighted by Crippen LogP contribution is -2.97. The smallest absolute Gasteiger partial charge is 0.0996 e. The third-order valence-electron chi connectivity index (χ3n) is 4.25. The molecule has 1 aliphatic rings. The van der Waals surface area contributed by atoms with Gasteiger partial charge in [-0.15, -0.1) is 6.58 Å². The summed E-state index contributed by atoms with van der Waals surface area (Å²) in [5, 5.41) is 2.60. The predicted octanol–water partition coefficient (Wildman–Crippen LogP) is 3.07. The van der Waals surface area contributed by atoms with E-state index in [1.807, 2.05) is 0 Å². The summed E-state index contributed by atoms with van der Waals surface area (Å²) >= 11 is 0. The fraction of sp³-hybridized carbons (Fsp3) is 0.529. The van der Waals surface area contributed by atoms with Gasteiger partial charge in [-0.3, -0.25) is 0 Å². The fourth-order valence-electron chi connectivity index (χ4n) is 3.22. The largest absolute Gasteiger partial charge is 0.341 e. The van der Waals surface area contributed by atoms with Crippen molar-refractivity contribution in [3.05, 3.63) is 48.6 Å². The number of quaternary nitrogens is 1. The molecule has 0 amide bonds. The van der Waals surface area contributed by atoms with Gasteiger partial charge in [0.05, 0.1) is 12.1 Å². The van der Waals surface area contributed by atoms with E-state index in [4.69, 9.17) is 0 Å². The Bertz CT molecular complexity index is 349. The minimum absolute atomic E-state index is 0.467. The van der Waals surface area contributed by atoms with Crippen molar-refractivity contribution in [3.8, 4) is 0 Å². The molecule has 1 aromatic rings. The standard InChI is InChI=1S/C17H25N/c1-2-12-17(13-7-4-8-14-17)18-15-11-16-9-5-3-6-10-16/h2-3,5-6,9-10,18H,1,4,7-8,11-15H2/p+1. The van der Waals surface area contributed by atoms with Gasteiger partial charge in [0.1, 0.15) is 0 Å². The molecule has 1 aromatic carbocycles. The van der Waals surface area contributed by atoms with Crippen LogP contribution in [0.15, 0.2) is 43.0 Å². The number of hydrogen-bond donors (Lipinski definition) is 1. The van der Waals surface area contributed by atoms with E-state index in [1.165, 1.54) is 57.1 Å². The monoisotopic (exact) mass is 244 g/mol. The van der Waals surface area contributed by atoms with Crippen molar-refractivity contribution in [1.29, 1.82) is 0 Å². The van der Waals surface area contributed by atoms with E-state index in [-0.39, 0.29) is 0 Å². The predicted molar refractivity (Wildman–Crippen MR) is 77.6 cm³/mol. The lowest BCUT2D eigenvalue weighted by atomic mass is 9.79. The van der Waals surface area contributed by atoms with Crippen LogP contribution >= 0.6 is 0 Å². The third kappa shape index (κ3) is 3.71. The summed E-state index contributed by atoms with van der Waals surface area (Å²) in [5.41, 5.74) is 1.92. The zero-order valence-electron chi connectivity index (χ0n) is 11.4.